The van der Waals surface area contributed by atoms with Crippen LogP contribution in [0, 0.1) is 0 Å². The van der Waals surface area contributed by atoms with Crippen molar-refractivity contribution in [3.05, 3.63) is 46.2 Å². The van der Waals surface area contributed by atoms with Gasteiger partial charge in [-0.2, -0.15) is 0 Å². The van der Waals surface area contributed by atoms with Crippen molar-refractivity contribution in [2.24, 2.45) is 7.05 Å². The van der Waals surface area contributed by atoms with Crippen LogP contribution in [0.15, 0.2) is 34.9 Å². The fraction of sp³-hybridized carbons (Fsp3) is 0.333. The van der Waals surface area contributed by atoms with E-state index in [-0.39, 0.29) is 6.04 Å². The van der Waals surface area contributed by atoms with Gasteiger partial charge in [0.15, 0.2) is 0 Å². The van der Waals surface area contributed by atoms with Gasteiger partial charge in [-0.3, -0.25) is 4.68 Å². The molecule has 0 spiro atoms. The van der Waals surface area contributed by atoms with Crippen LogP contribution < -0.4 is 5.32 Å². The third kappa shape index (κ3) is 2.92. The van der Waals surface area contributed by atoms with E-state index >= 15 is 0 Å². The number of benzene rings is 1. The highest BCUT2D eigenvalue weighted by Gasteiger charge is 2.14. The van der Waals surface area contributed by atoms with Crippen LogP contribution in [-0.2, 0) is 13.5 Å². The smallest absolute Gasteiger partial charge is 0.0845 e. The molecule has 0 amide bonds. The van der Waals surface area contributed by atoms with Crippen molar-refractivity contribution in [3.8, 4) is 0 Å². The molecule has 1 N–H and O–H groups in total. The number of rotatable bonds is 4. The van der Waals surface area contributed by atoms with E-state index < -0.39 is 0 Å². The van der Waals surface area contributed by atoms with Crippen LogP contribution in [0.5, 0.6) is 0 Å². The standard InChI is InChI=1S/C12H15BrN4/c1-14-12(7-9-8-17(2)16-15-9)10-5-3-4-6-11(10)13/h3-6,8,12,14H,7H2,1-2H3. The molecule has 1 atom stereocenters. The van der Waals surface area contributed by atoms with Crippen molar-refractivity contribution in [2.45, 2.75) is 12.5 Å². The summed E-state index contributed by atoms with van der Waals surface area (Å²) in [6.45, 7) is 0. The average Bonchev–Trinajstić information content (AvgIpc) is 2.73. The maximum atomic E-state index is 4.12. The molecule has 0 saturated heterocycles. The summed E-state index contributed by atoms with van der Waals surface area (Å²) in [5.74, 6) is 0. The molecular weight excluding hydrogens is 280 g/mol. The molecule has 1 aromatic carbocycles. The first kappa shape index (κ1) is 12.3. The highest BCUT2D eigenvalue weighted by Crippen LogP contribution is 2.25. The van der Waals surface area contributed by atoms with Crippen LogP contribution in [-0.4, -0.2) is 22.0 Å². The summed E-state index contributed by atoms with van der Waals surface area (Å²) in [5.41, 5.74) is 2.23. The Morgan fingerprint density at radius 1 is 1.41 bits per heavy atom. The van der Waals surface area contributed by atoms with Gasteiger partial charge in [-0.05, 0) is 18.7 Å². The molecule has 90 valence electrons. The fourth-order valence-corrected chi connectivity index (χ4v) is 2.38. The molecule has 0 aliphatic carbocycles. The first-order valence-electron chi connectivity index (χ1n) is 5.47. The van der Waals surface area contributed by atoms with Gasteiger partial charge >= 0.3 is 0 Å². The number of nitrogens with one attached hydrogen (secondary N) is 1. The third-order valence-corrected chi connectivity index (χ3v) is 3.41. The largest absolute Gasteiger partial charge is 0.313 e. The molecule has 0 radical (unpaired) electrons. The lowest BCUT2D eigenvalue weighted by Gasteiger charge is -2.16. The van der Waals surface area contributed by atoms with Gasteiger partial charge in [-0.15, -0.1) is 5.10 Å². The van der Waals surface area contributed by atoms with Crippen molar-refractivity contribution in [3.63, 3.8) is 0 Å². The molecule has 2 aromatic rings. The Labute approximate surface area is 109 Å². The normalized spacial score (nSPS) is 12.6. The number of likely N-dealkylation sites (N-methyl/N-ethyl adjacent to an activating group) is 1. The van der Waals surface area contributed by atoms with E-state index in [4.69, 9.17) is 0 Å². The van der Waals surface area contributed by atoms with Gasteiger partial charge < -0.3 is 5.32 Å². The highest BCUT2D eigenvalue weighted by molar-refractivity contribution is 9.10. The van der Waals surface area contributed by atoms with E-state index in [2.05, 4.69) is 43.7 Å². The number of aromatic nitrogens is 3. The number of nitrogens with zero attached hydrogens (tertiary/aromatic N) is 3. The molecule has 1 aromatic heterocycles. The summed E-state index contributed by atoms with van der Waals surface area (Å²) in [5, 5.41) is 11.4. The quantitative estimate of drug-likeness (QED) is 0.939. The van der Waals surface area contributed by atoms with Crippen LogP contribution in [0.2, 0.25) is 0 Å². The molecular formula is C12H15BrN4. The molecule has 0 fully saturated rings. The number of aryl methyl sites for hydroxylation is 1. The maximum absolute atomic E-state index is 4.12. The Morgan fingerprint density at radius 3 is 2.76 bits per heavy atom. The Hall–Kier alpha value is -1.20. The second-order valence-corrected chi connectivity index (χ2v) is 4.80. The highest BCUT2D eigenvalue weighted by atomic mass is 79.9. The van der Waals surface area contributed by atoms with E-state index in [9.17, 15) is 0 Å². The van der Waals surface area contributed by atoms with Gasteiger partial charge in [0.25, 0.3) is 0 Å². The first-order chi connectivity index (χ1) is 8.20. The fourth-order valence-electron chi connectivity index (χ4n) is 1.82. The van der Waals surface area contributed by atoms with Crippen molar-refractivity contribution in [2.75, 3.05) is 7.05 Å². The zero-order valence-electron chi connectivity index (χ0n) is 9.89. The molecule has 4 nitrogen and oxygen atoms in total. The SMILES string of the molecule is CNC(Cc1cn(C)nn1)c1ccccc1Br. The summed E-state index contributed by atoms with van der Waals surface area (Å²) < 4.78 is 2.84. The Balaban J connectivity index is 2.20. The lowest BCUT2D eigenvalue weighted by molar-refractivity contribution is 0.581. The van der Waals surface area contributed by atoms with Crippen LogP contribution in [0.4, 0.5) is 0 Å². The van der Waals surface area contributed by atoms with Crippen molar-refractivity contribution in [1.82, 2.24) is 20.3 Å². The predicted molar refractivity (Wildman–Crippen MR) is 70.6 cm³/mol. The third-order valence-electron chi connectivity index (χ3n) is 2.69. The van der Waals surface area contributed by atoms with Crippen molar-refractivity contribution < 1.29 is 0 Å². The minimum absolute atomic E-state index is 0.238. The molecule has 1 unspecified atom stereocenters. The van der Waals surface area contributed by atoms with E-state index in [0.29, 0.717) is 0 Å². The number of hydrogen-bond acceptors (Lipinski definition) is 3. The second kappa shape index (κ2) is 5.42. The first-order valence-corrected chi connectivity index (χ1v) is 6.27. The molecule has 17 heavy (non-hydrogen) atoms. The summed E-state index contributed by atoms with van der Waals surface area (Å²) in [7, 11) is 3.84. The van der Waals surface area contributed by atoms with Crippen molar-refractivity contribution >= 4 is 15.9 Å². The monoisotopic (exact) mass is 294 g/mol. The zero-order valence-corrected chi connectivity index (χ0v) is 11.5. The van der Waals surface area contributed by atoms with Crippen molar-refractivity contribution in [1.29, 1.82) is 0 Å². The van der Waals surface area contributed by atoms with E-state index in [0.717, 1.165) is 16.6 Å². The summed E-state index contributed by atoms with van der Waals surface area (Å²) in [6.07, 6.45) is 2.77. The van der Waals surface area contributed by atoms with E-state index in [1.165, 1.54) is 5.56 Å². The maximum Gasteiger partial charge on any atom is 0.0845 e. The van der Waals surface area contributed by atoms with Gasteiger partial charge in [-0.1, -0.05) is 39.3 Å². The molecule has 0 saturated carbocycles. The Kier molecular flexibility index (Phi) is 3.91. The molecule has 5 heteroatoms. The lowest BCUT2D eigenvalue weighted by atomic mass is 10.0. The molecule has 0 aliphatic heterocycles. The number of hydrogen-bond donors (Lipinski definition) is 1. The average molecular weight is 295 g/mol. The summed E-state index contributed by atoms with van der Waals surface area (Å²) >= 11 is 3.58. The summed E-state index contributed by atoms with van der Waals surface area (Å²) in [6, 6.07) is 8.46. The Bertz CT molecular complexity index is 495. The second-order valence-electron chi connectivity index (χ2n) is 3.95. The van der Waals surface area contributed by atoms with Gasteiger partial charge in [0.2, 0.25) is 0 Å². The summed E-state index contributed by atoms with van der Waals surface area (Å²) in [4.78, 5) is 0. The van der Waals surface area contributed by atoms with Crippen LogP contribution in [0.25, 0.3) is 0 Å². The minimum Gasteiger partial charge on any atom is -0.313 e. The van der Waals surface area contributed by atoms with Gasteiger partial charge in [-0.25, -0.2) is 0 Å². The van der Waals surface area contributed by atoms with Crippen LogP contribution >= 0.6 is 15.9 Å². The molecule has 0 bridgehead atoms. The van der Waals surface area contributed by atoms with Crippen LogP contribution in [0.1, 0.15) is 17.3 Å². The lowest BCUT2D eigenvalue weighted by Crippen LogP contribution is -2.19. The van der Waals surface area contributed by atoms with Gasteiger partial charge in [0, 0.05) is 30.2 Å². The van der Waals surface area contributed by atoms with Gasteiger partial charge in [0.05, 0.1) is 5.69 Å². The number of halogens is 1. The molecule has 2 rings (SSSR count). The predicted octanol–water partition coefficient (Wildman–Crippen LogP) is 2.08. The Morgan fingerprint density at radius 2 is 2.18 bits per heavy atom. The zero-order chi connectivity index (χ0) is 12.3. The molecule has 0 aliphatic rings. The minimum atomic E-state index is 0.238. The van der Waals surface area contributed by atoms with Gasteiger partial charge in [0.1, 0.15) is 0 Å². The molecule has 1 heterocycles. The van der Waals surface area contributed by atoms with E-state index in [1.807, 2.05) is 32.4 Å². The van der Waals surface area contributed by atoms with E-state index in [1.54, 1.807) is 4.68 Å². The topological polar surface area (TPSA) is 42.7 Å². The van der Waals surface area contributed by atoms with Crippen LogP contribution in [0.3, 0.4) is 0 Å².